The molecule has 0 radical (unpaired) electrons. The summed E-state index contributed by atoms with van der Waals surface area (Å²) in [6.07, 6.45) is 0. The first kappa shape index (κ1) is 15.0. The summed E-state index contributed by atoms with van der Waals surface area (Å²) in [4.78, 5) is 19.3. The number of hydrogen-bond donors (Lipinski definition) is 0. The molecular weight excluding hydrogens is 274 g/mol. The van der Waals surface area contributed by atoms with Crippen molar-refractivity contribution in [2.45, 2.75) is 25.3 Å². The van der Waals surface area contributed by atoms with Gasteiger partial charge in [-0.25, -0.2) is 4.98 Å². The van der Waals surface area contributed by atoms with Crippen molar-refractivity contribution < 1.29 is 0 Å². The van der Waals surface area contributed by atoms with Crippen LogP contribution in [0.2, 0.25) is 0 Å². The van der Waals surface area contributed by atoms with Gasteiger partial charge in [-0.3, -0.25) is 9.36 Å². The summed E-state index contributed by atoms with van der Waals surface area (Å²) in [7, 11) is 3.97. The van der Waals surface area contributed by atoms with Gasteiger partial charge in [-0.05, 0) is 40.1 Å². The summed E-state index contributed by atoms with van der Waals surface area (Å²) >= 11 is 6.23. The van der Waals surface area contributed by atoms with E-state index in [2.05, 4.69) is 9.88 Å². The van der Waals surface area contributed by atoms with Crippen molar-refractivity contribution in [1.82, 2.24) is 14.5 Å². The van der Waals surface area contributed by atoms with E-state index in [1.165, 1.54) is 0 Å². The summed E-state index contributed by atoms with van der Waals surface area (Å²) in [6, 6.07) is 7.42. The average Bonchev–Trinajstić information content (AvgIpc) is 2.37. The number of hydrogen-bond acceptors (Lipinski definition) is 3. The van der Waals surface area contributed by atoms with Gasteiger partial charge in [0.15, 0.2) is 0 Å². The highest BCUT2D eigenvalue weighted by Gasteiger charge is 2.19. The predicted octanol–water partition coefficient (Wildman–Crippen LogP) is 2.82. The second kappa shape index (κ2) is 5.94. The minimum Gasteiger partial charge on any atom is -0.307 e. The van der Waals surface area contributed by atoms with Crippen LogP contribution < -0.4 is 5.56 Å². The molecule has 2 aromatic rings. The molecule has 0 aliphatic rings. The second-order valence-electron chi connectivity index (χ2n) is 5.39. The molecule has 1 aromatic carbocycles. The molecule has 0 bridgehead atoms. The molecule has 4 nitrogen and oxygen atoms in total. The Morgan fingerprint density at radius 2 is 1.95 bits per heavy atom. The van der Waals surface area contributed by atoms with E-state index in [0.717, 1.165) is 6.54 Å². The summed E-state index contributed by atoms with van der Waals surface area (Å²) in [6.45, 7) is 4.62. The van der Waals surface area contributed by atoms with Crippen molar-refractivity contribution in [2.75, 3.05) is 20.6 Å². The molecule has 1 heterocycles. The van der Waals surface area contributed by atoms with Crippen molar-refractivity contribution in [1.29, 1.82) is 0 Å². The van der Waals surface area contributed by atoms with E-state index in [0.29, 0.717) is 16.7 Å². The number of benzene rings is 1. The maximum Gasteiger partial charge on any atom is 0.261 e. The van der Waals surface area contributed by atoms with Crippen LogP contribution in [0.4, 0.5) is 0 Å². The van der Waals surface area contributed by atoms with E-state index in [4.69, 9.17) is 11.6 Å². The lowest BCUT2D eigenvalue weighted by Crippen LogP contribution is -2.33. The molecule has 0 aliphatic heterocycles. The number of alkyl halides is 1. The van der Waals surface area contributed by atoms with E-state index in [9.17, 15) is 4.79 Å². The van der Waals surface area contributed by atoms with E-state index in [1.54, 1.807) is 4.57 Å². The Balaban J connectivity index is 2.70. The van der Waals surface area contributed by atoms with Gasteiger partial charge in [0.1, 0.15) is 5.82 Å². The van der Waals surface area contributed by atoms with Crippen LogP contribution in [0.3, 0.4) is 0 Å². The maximum absolute atomic E-state index is 12.7. The minimum atomic E-state index is -0.308. The lowest BCUT2D eigenvalue weighted by atomic mass is 10.2. The highest BCUT2D eigenvalue weighted by molar-refractivity contribution is 6.20. The third kappa shape index (κ3) is 2.86. The van der Waals surface area contributed by atoms with Crippen molar-refractivity contribution in [2.24, 2.45) is 0 Å². The predicted molar refractivity (Wildman–Crippen MR) is 83.5 cm³/mol. The summed E-state index contributed by atoms with van der Waals surface area (Å²) in [5.41, 5.74) is 0.681. The molecular formula is C15H20ClN3O. The molecule has 0 saturated carbocycles. The first-order valence-corrected chi connectivity index (χ1v) is 7.15. The molecule has 1 aromatic heterocycles. The Labute approximate surface area is 124 Å². The SMILES string of the molecule is CC(Cl)c1nc2ccccc2c(=O)n1C(C)CN(C)C. The third-order valence-electron chi connectivity index (χ3n) is 3.26. The Hall–Kier alpha value is -1.39. The lowest BCUT2D eigenvalue weighted by molar-refractivity contribution is 0.327. The normalized spacial score (nSPS) is 14.7. The van der Waals surface area contributed by atoms with E-state index in [1.807, 2.05) is 52.2 Å². The second-order valence-corrected chi connectivity index (χ2v) is 6.04. The Bertz CT molecular complexity index is 664. The van der Waals surface area contributed by atoms with Gasteiger partial charge < -0.3 is 4.90 Å². The van der Waals surface area contributed by atoms with Gasteiger partial charge in [-0.2, -0.15) is 0 Å². The Morgan fingerprint density at radius 3 is 2.55 bits per heavy atom. The molecule has 0 aliphatic carbocycles. The number of nitrogens with zero attached hydrogens (tertiary/aromatic N) is 3. The van der Waals surface area contributed by atoms with Gasteiger partial charge in [0.25, 0.3) is 5.56 Å². The van der Waals surface area contributed by atoms with Gasteiger partial charge in [0, 0.05) is 12.6 Å². The van der Waals surface area contributed by atoms with Crippen molar-refractivity contribution in [3.63, 3.8) is 0 Å². The van der Waals surface area contributed by atoms with Crippen molar-refractivity contribution >= 4 is 22.5 Å². The Kier molecular flexibility index (Phi) is 4.45. The monoisotopic (exact) mass is 293 g/mol. The number of para-hydroxylation sites is 1. The molecule has 108 valence electrons. The number of fused-ring (bicyclic) bond motifs is 1. The summed E-state index contributed by atoms with van der Waals surface area (Å²) in [5.74, 6) is 0.629. The molecule has 2 atom stereocenters. The molecule has 2 rings (SSSR count). The zero-order valence-electron chi connectivity index (χ0n) is 12.3. The van der Waals surface area contributed by atoms with Crippen molar-refractivity contribution in [3.8, 4) is 0 Å². The highest BCUT2D eigenvalue weighted by Crippen LogP contribution is 2.21. The van der Waals surface area contributed by atoms with Crippen LogP contribution >= 0.6 is 11.6 Å². The molecule has 0 saturated heterocycles. The average molecular weight is 294 g/mol. The first-order chi connectivity index (χ1) is 9.41. The molecule has 0 fully saturated rings. The zero-order valence-corrected chi connectivity index (χ0v) is 13.1. The number of halogens is 1. The molecule has 0 N–H and O–H groups in total. The van der Waals surface area contributed by atoms with E-state index in [-0.39, 0.29) is 17.0 Å². The van der Waals surface area contributed by atoms with Crippen LogP contribution in [0.5, 0.6) is 0 Å². The molecule has 20 heavy (non-hydrogen) atoms. The van der Waals surface area contributed by atoms with Crippen LogP contribution in [-0.2, 0) is 0 Å². The fourth-order valence-corrected chi connectivity index (χ4v) is 2.63. The Morgan fingerprint density at radius 1 is 1.30 bits per heavy atom. The smallest absolute Gasteiger partial charge is 0.261 e. The number of aromatic nitrogens is 2. The van der Waals surface area contributed by atoms with Crippen LogP contribution in [0.25, 0.3) is 10.9 Å². The largest absolute Gasteiger partial charge is 0.307 e. The van der Waals surface area contributed by atoms with Crippen LogP contribution in [0, 0.1) is 0 Å². The molecule has 0 spiro atoms. The molecule has 0 amide bonds. The van der Waals surface area contributed by atoms with Gasteiger partial charge in [0.2, 0.25) is 0 Å². The first-order valence-electron chi connectivity index (χ1n) is 6.71. The summed E-state index contributed by atoms with van der Waals surface area (Å²) < 4.78 is 1.72. The van der Waals surface area contributed by atoms with E-state index < -0.39 is 0 Å². The minimum absolute atomic E-state index is 0.0193. The summed E-state index contributed by atoms with van der Waals surface area (Å²) in [5, 5.41) is 0.330. The van der Waals surface area contributed by atoms with Crippen LogP contribution in [-0.4, -0.2) is 35.1 Å². The van der Waals surface area contributed by atoms with E-state index >= 15 is 0 Å². The van der Waals surface area contributed by atoms with Gasteiger partial charge >= 0.3 is 0 Å². The molecule has 2 unspecified atom stereocenters. The molecule has 5 heteroatoms. The highest BCUT2D eigenvalue weighted by atomic mass is 35.5. The van der Waals surface area contributed by atoms with Gasteiger partial charge in [-0.15, -0.1) is 11.6 Å². The van der Waals surface area contributed by atoms with Crippen LogP contribution in [0.15, 0.2) is 29.1 Å². The quantitative estimate of drug-likeness (QED) is 0.814. The van der Waals surface area contributed by atoms with Gasteiger partial charge in [-0.1, -0.05) is 12.1 Å². The third-order valence-corrected chi connectivity index (χ3v) is 3.46. The fourth-order valence-electron chi connectivity index (χ4n) is 2.48. The van der Waals surface area contributed by atoms with Gasteiger partial charge in [0.05, 0.1) is 16.3 Å². The number of likely N-dealkylation sites (N-methyl/N-ethyl adjacent to an activating group) is 1. The topological polar surface area (TPSA) is 38.1 Å². The van der Waals surface area contributed by atoms with Crippen molar-refractivity contribution in [3.05, 3.63) is 40.4 Å². The lowest BCUT2D eigenvalue weighted by Gasteiger charge is -2.23. The maximum atomic E-state index is 12.7. The van der Waals surface area contributed by atoms with Crippen LogP contribution in [0.1, 0.15) is 31.1 Å². The number of rotatable bonds is 4. The standard InChI is InChI=1S/C15H20ClN3O/c1-10(9-18(3)4)19-14(11(2)16)17-13-8-6-5-7-12(13)15(19)20/h5-8,10-11H,9H2,1-4H3. The fraction of sp³-hybridized carbons (Fsp3) is 0.467. The zero-order chi connectivity index (χ0) is 14.9.